The summed E-state index contributed by atoms with van der Waals surface area (Å²) in [6.45, 7) is 2.57. The highest BCUT2D eigenvalue weighted by Gasteiger charge is 2.22. The molecule has 0 spiro atoms. The lowest BCUT2D eigenvalue weighted by atomic mass is 9.93. The number of carbonyl (C=O) groups is 1. The molecule has 124 valence electrons. The smallest absolute Gasteiger partial charge is 0.303 e. The quantitative estimate of drug-likeness (QED) is 0.905. The molecule has 6 heteroatoms. The molecule has 2 heterocycles. The van der Waals surface area contributed by atoms with E-state index in [9.17, 15) is 4.79 Å². The largest absolute Gasteiger partial charge is 0.481 e. The maximum Gasteiger partial charge on any atom is 0.303 e. The average molecular weight is 337 g/mol. The zero-order valence-corrected chi connectivity index (χ0v) is 13.7. The van der Waals surface area contributed by atoms with Crippen molar-refractivity contribution in [2.75, 3.05) is 13.1 Å². The number of aliphatic carboxylic acids is 1. The fraction of sp³-hybridized carbons (Fsp3) is 0.412. The molecular formula is C17H21ClN2O3. The second-order valence-electron chi connectivity index (χ2n) is 5.86. The number of aromatic nitrogens is 1. The molecule has 0 radical (unpaired) electrons. The first-order valence-corrected chi connectivity index (χ1v) is 7.66. The minimum absolute atomic E-state index is 0. The highest BCUT2D eigenvalue weighted by molar-refractivity contribution is 5.85. The van der Waals surface area contributed by atoms with Crippen molar-refractivity contribution >= 4 is 18.4 Å². The Kier molecular flexibility index (Phi) is 6.19. The van der Waals surface area contributed by atoms with E-state index < -0.39 is 5.97 Å². The SMILES string of the molecule is Cl.O=C(O)CC1CCN(Cc2cc(-c3ccccc3)no2)CC1. The van der Waals surface area contributed by atoms with Gasteiger partial charge >= 0.3 is 5.97 Å². The van der Waals surface area contributed by atoms with Crippen molar-refractivity contribution in [2.45, 2.75) is 25.8 Å². The van der Waals surface area contributed by atoms with Crippen molar-refractivity contribution in [3.05, 3.63) is 42.2 Å². The molecule has 1 fully saturated rings. The third-order valence-electron chi connectivity index (χ3n) is 4.18. The molecule has 0 bridgehead atoms. The summed E-state index contributed by atoms with van der Waals surface area (Å²) in [5, 5.41) is 13.0. The Labute approximate surface area is 141 Å². The van der Waals surface area contributed by atoms with Crippen molar-refractivity contribution < 1.29 is 14.4 Å². The van der Waals surface area contributed by atoms with E-state index in [1.165, 1.54) is 0 Å². The molecule has 0 saturated carbocycles. The van der Waals surface area contributed by atoms with Crippen molar-refractivity contribution in [3.8, 4) is 11.3 Å². The van der Waals surface area contributed by atoms with Crippen LogP contribution in [0, 0.1) is 5.92 Å². The van der Waals surface area contributed by atoms with Crippen LogP contribution < -0.4 is 0 Å². The third-order valence-corrected chi connectivity index (χ3v) is 4.18. The van der Waals surface area contributed by atoms with E-state index in [4.69, 9.17) is 9.63 Å². The minimum atomic E-state index is -0.693. The molecule has 1 aliphatic heterocycles. The Balaban J connectivity index is 0.00000192. The van der Waals surface area contributed by atoms with E-state index in [2.05, 4.69) is 10.1 Å². The van der Waals surface area contributed by atoms with Crippen LogP contribution in [0.2, 0.25) is 0 Å². The van der Waals surface area contributed by atoms with Crippen LogP contribution in [-0.2, 0) is 11.3 Å². The number of carboxylic acids is 1. The van der Waals surface area contributed by atoms with Gasteiger partial charge in [0.25, 0.3) is 0 Å². The van der Waals surface area contributed by atoms with E-state index in [0.29, 0.717) is 5.92 Å². The van der Waals surface area contributed by atoms with Gasteiger partial charge in [0.15, 0.2) is 5.76 Å². The van der Waals surface area contributed by atoms with Crippen molar-refractivity contribution in [3.63, 3.8) is 0 Å². The molecule has 0 unspecified atom stereocenters. The van der Waals surface area contributed by atoms with E-state index in [1.54, 1.807) is 0 Å². The fourth-order valence-electron chi connectivity index (χ4n) is 2.95. The fourth-order valence-corrected chi connectivity index (χ4v) is 2.95. The van der Waals surface area contributed by atoms with Crippen LogP contribution in [0.4, 0.5) is 0 Å². The molecule has 3 rings (SSSR count). The Bertz CT molecular complexity index is 622. The summed E-state index contributed by atoms with van der Waals surface area (Å²) < 4.78 is 5.43. The highest BCUT2D eigenvalue weighted by atomic mass is 35.5. The Hall–Kier alpha value is -1.85. The lowest BCUT2D eigenvalue weighted by Crippen LogP contribution is -2.33. The third kappa shape index (κ3) is 4.81. The predicted molar refractivity (Wildman–Crippen MR) is 89.4 cm³/mol. The van der Waals surface area contributed by atoms with E-state index >= 15 is 0 Å². The number of hydrogen-bond donors (Lipinski definition) is 1. The molecule has 1 saturated heterocycles. The standard InChI is InChI=1S/C17H20N2O3.ClH/c20-17(21)10-13-6-8-19(9-7-13)12-15-11-16(18-22-15)14-4-2-1-3-5-14;/h1-5,11,13H,6-10,12H2,(H,20,21);1H. The van der Waals surface area contributed by atoms with Crippen LogP contribution in [0.25, 0.3) is 11.3 Å². The van der Waals surface area contributed by atoms with Gasteiger partial charge in [-0.05, 0) is 31.8 Å². The van der Waals surface area contributed by atoms with E-state index in [0.717, 1.165) is 49.5 Å². The first-order valence-electron chi connectivity index (χ1n) is 7.66. The number of hydrogen-bond acceptors (Lipinski definition) is 4. The summed E-state index contributed by atoms with van der Waals surface area (Å²) in [6.07, 6.45) is 2.16. The molecule has 23 heavy (non-hydrogen) atoms. The number of nitrogens with zero attached hydrogens (tertiary/aromatic N) is 2. The number of carboxylic acid groups (broad SMARTS) is 1. The van der Waals surface area contributed by atoms with Crippen LogP contribution in [0.3, 0.4) is 0 Å². The van der Waals surface area contributed by atoms with Crippen molar-refractivity contribution in [2.24, 2.45) is 5.92 Å². The molecule has 2 aromatic rings. The number of benzene rings is 1. The van der Waals surface area contributed by atoms with Gasteiger partial charge in [-0.3, -0.25) is 9.69 Å². The van der Waals surface area contributed by atoms with Gasteiger partial charge in [-0.25, -0.2) is 0 Å². The lowest BCUT2D eigenvalue weighted by Gasteiger charge is -2.30. The summed E-state index contributed by atoms with van der Waals surface area (Å²) >= 11 is 0. The summed E-state index contributed by atoms with van der Waals surface area (Å²) in [6, 6.07) is 12.0. The molecule has 1 aromatic carbocycles. The molecule has 5 nitrogen and oxygen atoms in total. The van der Waals surface area contributed by atoms with Crippen molar-refractivity contribution in [1.82, 2.24) is 10.1 Å². The van der Waals surface area contributed by atoms with Gasteiger partial charge in [0.2, 0.25) is 0 Å². The molecule has 0 aliphatic carbocycles. The monoisotopic (exact) mass is 336 g/mol. The Morgan fingerprint density at radius 2 is 1.96 bits per heavy atom. The van der Waals surface area contributed by atoms with Crippen molar-refractivity contribution in [1.29, 1.82) is 0 Å². The van der Waals surface area contributed by atoms with Gasteiger partial charge in [0, 0.05) is 18.1 Å². The first kappa shape index (κ1) is 17.5. The van der Waals surface area contributed by atoms with Gasteiger partial charge in [-0.1, -0.05) is 35.5 Å². The van der Waals surface area contributed by atoms with Gasteiger partial charge in [-0.15, -0.1) is 12.4 Å². The molecule has 1 aliphatic rings. The first-order chi connectivity index (χ1) is 10.7. The van der Waals surface area contributed by atoms with Gasteiger partial charge in [0.05, 0.1) is 6.54 Å². The van der Waals surface area contributed by atoms with Crippen LogP contribution >= 0.6 is 12.4 Å². The Morgan fingerprint density at radius 1 is 1.26 bits per heavy atom. The van der Waals surface area contributed by atoms with E-state index in [-0.39, 0.29) is 18.8 Å². The molecule has 1 aromatic heterocycles. The molecule has 1 N–H and O–H groups in total. The van der Waals surface area contributed by atoms with E-state index in [1.807, 2.05) is 36.4 Å². The maximum atomic E-state index is 10.7. The average Bonchev–Trinajstić information content (AvgIpc) is 2.98. The number of rotatable bonds is 5. The normalized spacial score (nSPS) is 16.0. The van der Waals surface area contributed by atoms with Crippen LogP contribution in [0.1, 0.15) is 25.0 Å². The summed E-state index contributed by atoms with van der Waals surface area (Å²) in [5.74, 6) is 0.472. The summed E-state index contributed by atoms with van der Waals surface area (Å²) in [4.78, 5) is 13.0. The molecule has 0 atom stereocenters. The Morgan fingerprint density at radius 3 is 2.61 bits per heavy atom. The number of piperidine rings is 1. The number of halogens is 1. The molecular weight excluding hydrogens is 316 g/mol. The van der Waals surface area contributed by atoms with Gasteiger partial charge < -0.3 is 9.63 Å². The molecule has 0 amide bonds. The summed E-state index contributed by atoms with van der Waals surface area (Å²) in [7, 11) is 0. The van der Waals surface area contributed by atoms with Crippen LogP contribution in [-0.4, -0.2) is 34.2 Å². The second kappa shape index (κ2) is 8.13. The maximum absolute atomic E-state index is 10.7. The minimum Gasteiger partial charge on any atom is -0.481 e. The van der Waals surface area contributed by atoms with Crippen LogP contribution in [0.15, 0.2) is 40.9 Å². The highest BCUT2D eigenvalue weighted by Crippen LogP contribution is 2.23. The second-order valence-corrected chi connectivity index (χ2v) is 5.86. The zero-order chi connectivity index (χ0) is 15.4. The zero-order valence-electron chi connectivity index (χ0n) is 12.9. The van der Waals surface area contributed by atoms with Gasteiger partial charge in [0.1, 0.15) is 5.69 Å². The van der Waals surface area contributed by atoms with Crippen LogP contribution in [0.5, 0.6) is 0 Å². The topological polar surface area (TPSA) is 66.6 Å². The number of likely N-dealkylation sites (tertiary alicyclic amines) is 1. The predicted octanol–water partition coefficient (Wildman–Crippen LogP) is 3.45. The lowest BCUT2D eigenvalue weighted by molar-refractivity contribution is -0.138. The summed E-state index contributed by atoms with van der Waals surface area (Å²) in [5.41, 5.74) is 1.91. The van der Waals surface area contributed by atoms with Gasteiger partial charge in [-0.2, -0.15) is 0 Å².